The summed E-state index contributed by atoms with van der Waals surface area (Å²) in [6.45, 7) is 0. The third kappa shape index (κ3) is 7.03. The molecule has 98 heavy (non-hydrogen) atoms. The molecular weight excluding hydrogens is 1180 g/mol. The van der Waals surface area contributed by atoms with Gasteiger partial charge in [-0.3, -0.25) is 0 Å². The van der Waals surface area contributed by atoms with Crippen LogP contribution in [0.5, 0.6) is 0 Å². The molecule has 0 nitrogen and oxygen atoms in total. The van der Waals surface area contributed by atoms with E-state index in [1.807, 2.05) is 0 Å². The van der Waals surface area contributed by atoms with E-state index >= 15 is 0 Å². The zero-order valence-corrected chi connectivity index (χ0v) is 53.8. The van der Waals surface area contributed by atoms with Crippen molar-refractivity contribution in [2.75, 3.05) is 0 Å². The summed E-state index contributed by atoms with van der Waals surface area (Å²) in [5.41, 5.74) is 38.7. The second-order valence-electron chi connectivity index (χ2n) is 27.5. The van der Waals surface area contributed by atoms with Crippen molar-refractivity contribution in [1.29, 1.82) is 0 Å². The second kappa shape index (κ2) is 20.6. The first-order valence-corrected chi connectivity index (χ1v) is 34.5. The van der Waals surface area contributed by atoms with E-state index < -0.39 is 21.7 Å². The highest BCUT2D eigenvalue weighted by Crippen LogP contribution is 2.70. The fourth-order valence-corrected chi connectivity index (χ4v) is 19.7. The van der Waals surface area contributed by atoms with Crippen molar-refractivity contribution in [1.82, 2.24) is 0 Å². The lowest BCUT2D eigenvalue weighted by molar-refractivity contribution is 0.632. The van der Waals surface area contributed by atoms with Gasteiger partial charge in [-0.15, -0.1) is 0 Å². The average Bonchev–Trinajstić information content (AvgIpc) is 1.43. The van der Waals surface area contributed by atoms with Crippen LogP contribution in [0.2, 0.25) is 0 Å². The molecule has 0 N–H and O–H groups in total. The van der Waals surface area contributed by atoms with Gasteiger partial charge in [0.2, 0.25) is 0 Å². The Hall–Kier alpha value is -12.2. The van der Waals surface area contributed by atoms with Gasteiger partial charge >= 0.3 is 0 Å². The smallest absolute Gasteiger partial charge is 0.0622 e. The Morgan fingerprint density at radius 1 is 0.143 bits per heavy atom. The van der Waals surface area contributed by atoms with Crippen LogP contribution in [0.25, 0.3) is 91.1 Å². The summed E-state index contributed by atoms with van der Waals surface area (Å²) in [5, 5.41) is 0. The summed E-state index contributed by atoms with van der Waals surface area (Å²) < 4.78 is 0. The maximum atomic E-state index is 2.56. The standard InChI is InChI=1S/C98H62/c1-3-27-65(28-4-1)77-61-68(56-52-64-54-58-92-94(60-64)98(85-45-21-13-37-75(85)76-38-14-22-46-86(76)98)90-50-26-24-48-88(90)96(92)81-41-17-9-33-71(81)72-34-10-18-42-82(72)96)78(66-29-5-2-6-30-66)62-67(77)55-51-63-53-57-91-93(59-63)97(83-43-19-11-35-73(83)74-36-12-20-44-84(74)97)89-49-25-23-47-87(89)95(91)79-39-15-7-31-69(79)70-32-8-16-40-80(70)95/h1-62H/b55-51+,56-52+. The van der Waals surface area contributed by atoms with Crippen molar-refractivity contribution in [2.45, 2.75) is 21.7 Å². The van der Waals surface area contributed by atoms with Gasteiger partial charge in [0.25, 0.3) is 0 Å². The van der Waals surface area contributed by atoms with Crippen LogP contribution in [0.4, 0.5) is 0 Å². The van der Waals surface area contributed by atoms with E-state index in [0.29, 0.717) is 0 Å². The molecule has 6 aliphatic rings. The zero-order chi connectivity index (χ0) is 64.3. The Bertz CT molecular complexity index is 5400. The number of benzene rings is 15. The molecule has 454 valence electrons. The minimum absolute atomic E-state index is 0.552. The monoisotopic (exact) mass is 1240 g/mol. The minimum Gasteiger partial charge on any atom is -0.0622 e. The molecule has 4 spiro atoms. The van der Waals surface area contributed by atoms with Gasteiger partial charge in [-0.2, -0.15) is 0 Å². The molecule has 6 aliphatic carbocycles. The summed E-state index contributed by atoms with van der Waals surface area (Å²) in [6.07, 6.45) is 9.52. The van der Waals surface area contributed by atoms with Crippen LogP contribution in [0.1, 0.15) is 111 Å². The first-order valence-electron chi connectivity index (χ1n) is 34.5. The van der Waals surface area contributed by atoms with Gasteiger partial charge in [-0.25, -0.2) is 0 Å². The normalized spacial score (nSPS) is 15.2. The van der Waals surface area contributed by atoms with E-state index in [4.69, 9.17) is 0 Å². The Morgan fingerprint density at radius 2 is 0.347 bits per heavy atom. The van der Waals surface area contributed by atoms with Crippen molar-refractivity contribution in [2.24, 2.45) is 0 Å². The topological polar surface area (TPSA) is 0 Å². The molecule has 21 rings (SSSR count). The van der Waals surface area contributed by atoms with Gasteiger partial charge in [0.1, 0.15) is 0 Å². The van der Waals surface area contributed by atoms with Crippen LogP contribution in [-0.4, -0.2) is 0 Å². The van der Waals surface area contributed by atoms with Gasteiger partial charge in [-0.05, 0) is 202 Å². The minimum atomic E-state index is -0.589. The van der Waals surface area contributed by atoms with E-state index in [-0.39, 0.29) is 0 Å². The van der Waals surface area contributed by atoms with Crippen molar-refractivity contribution in [3.05, 3.63) is 463 Å². The summed E-state index contributed by atoms with van der Waals surface area (Å²) >= 11 is 0. The van der Waals surface area contributed by atoms with Gasteiger partial charge in [0, 0.05) is 0 Å². The Balaban J connectivity index is 0.764. The molecule has 0 fully saturated rings. The molecule has 0 amide bonds. The van der Waals surface area contributed by atoms with Crippen LogP contribution >= 0.6 is 0 Å². The van der Waals surface area contributed by atoms with Crippen LogP contribution in [0.3, 0.4) is 0 Å². The molecule has 0 aliphatic heterocycles. The first-order chi connectivity index (χ1) is 48.6. The number of rotatable bonds is 6. The highest BCUT2D eigenvalue weighted by atomic mass is 14.6. The predicted molar refractivity (Wildman–Crippen MR) is 404 cm³/mol. The Morgan fingerprint density at radius 3 is 0.602 bits per heavy atom. The SMILES string of the molecule is C(=C\c1cc(-c2ccccc2)c(/C=C/c2ccc3c(c2)C2(c4ccccc4-c4ccccc42)c2ccccc2C32c3ccccc3-c3ccccc32)cc1-c1ccccc1)/c1ccc2c(c1)C1(c3ccccc3-c3ccccc31)c1ccccc1C21c2ccccc2-c2ccccc21. The molecule has 0 aromatic heterocycles. The molecule has 0 heteroatoms. The second-order valence-corrected chi connectivity index (χ2v) is 27.5. The molecule has 0 bridgehead atoms. The molecule has 0 atom stereocenters. The van der Waals surface area contributed by atoms with E-state index in [2.05, 4.69) is 376 Å². The van der Waals surface area contributed by atoms with Crippen LogP contribution in [-0.2, 0) is 21.7 Å². The van der Waals surface area contributed by atoms with Crippen molar-refractivity contribution in [3.8, 4) is 66.8 Å². The van der Waals surface area contributed by atoms with Crippen molar-refractivity contribution in [3.63, 3.8) is 0 Å². The molecule has 0 unspecified atom stereocenters. The quantitative estimate of drug-likeness (QED) is 0.146. The van der Waals surface area contributed by atoms with Crippen LogP contribution in [0.15, 0.2) is 352 Å². The third-order valence-corrected chi connectivity index (χ3v) is 23.3. The fraction of sp³-hybridized carbons (Fsp3) is 0.0408. The largest absolute Gasteiger partial charge is 0.0720 e. The van der Waals surface area contributed by atoms with Crippen molar-refractivity contribution < 1.29 is 0 Å². The van der Waals surface area contributed by atoms with Crippen LogP contribution in [0, 0.1) is 0 Å². The predicted octanol–water partition coefficient (Wildman–Crippen LogP) is 23.4. The molecule has 0 heterocycles. The van der Waals surface area contributed by atoms with E-state index in [1.54, 1.807) is 0 Å². The van der Waals surface area contributed by atoms with E-state index in [0.717, 1.165) is 33.4 Å². The lowest BCUT2D eigenvalue weighted by Crippen LogP contribution is -2.43. The zero-order valence-electron chi connectivity index (χ0n) is 53.8. The third-order valence-electron chi connectivity index (χ3n) is 23.3. The highest BCUT2D eigenvalue weighted by Gasteiger charge is 2.61. The van der Waals surface area contributed by atoms with Crippen molar-refractivity contribution >= 4 is 24.3 Å². The fourth-order valence-electron chi connectivity index (χ4n) is 19.7. The van der Waals surface area contributed by atoms with Gasteiger partial charge < -0.3 is 0 Å². The van der Waals surface area contributed by atoms with E-state index in [9.17, 15) is 0 Å². The molecule has 0 saturated heterocycles. The van der Waals surface area contributed by atoms with Gasteiger partial charge in [-0.1, -0.05) is 352 Å². The number of hydrogen-bond donors (Lipinski definition) is 0. The number of hydrogen-bond acceptors (Lipinski definition) is 0. The summed E-state index contributed by atoms with van der Waals surface area (Å²) in [5.74, 6) is 0. The van der Waals surface area contributed by atoms with Gasteiger partial charge in [0.05, 0.1) is 21.7 Å². The molecule has 0 radical (unpaired) electrons. The highest BCUT2D eigenvalue weighted by molar-refractivity contribution is 5.98. The summed E-state index contributed by atoms with van der Waals surface area (Å²) in [6, 6.07) is 134. The molecule has 0 saturated carbocycles. The first kappa shape index (κ1) is 55.1. The summed E-state index contributed by atoms with van der Waals surface area (Å²) in [7, 11) is 0. The average molecular weight is 1240 g/mol. The van der Waals surface area contributed by atoms with E-state index in [1.165, 1.54) is 145 Å². The van der Waals surface area contributed by atoms with Gasteiger partial charge in [0.15, 0.2) is 0 Å². The van der Waals surface area contributed by atoms with Crippen LogP contribution < -0.4 is 0 Å². The lowest BCUT2D eigenvalue weighted by Gasteiger charge is -2.49. The maximum absolute atomic E-state index is 2.56. The molecule has 15 aromatic carbocycles. The molecular formula is C98H62. The summed E-state index contributed by atoms with van der Waals surface area (Å²) in [4.78, 5) is 0. The Kier molecular flexibility index (Phi) is 11.6. The Labute approximate surface area is 572 Å². The number of fused-ring (bicyclic) bond motifs is 32. The lowest BCUT2D eigenvalue weighted by atomic mass is 9.52. The maximum Gasteiger partial charge on any atom is 0.0720 e. The molecule has 15 aromatic rings.